The van der Waals surface area contributed by atoms with Crippen molar-refractivity contribution in [3.05, 3.63) is 0 Å². The van der Waals surface area contributed by atoms with Gasteiger partial charge in [0.2, 0.25) is 0 Å². The molecule has 0 aromatic carbocycles. The van der Waals surface area contributed by atoms with Gasteiger partial charge in [0.1, 0.15) is 11.9 Å². The summed E-state index contributed by atoms with van der Waals surface area (Å²) in [5, 5.41) is 0. The second kappa shape index (κ2) is 3.82. The number of carbonyl (C=O) groups is 2. The van der Waals surface area contributed by atoms with Crippen molar-refractivity contribution in [1.82, 2.24) is 0 Å². The topological polar surface area (TPSA) is 43.4 Å². The van der Waals surface area contributed by atoms with E-state index in [1.54, 1.807) is 0 Å². The monoisotopic (exact) mass is 250 g/mol. The standard InChI is InChI=1S/C15H22O3/c1-8-6-12-10(9(2)14(17)18-12)7-15(3)11(8)4-5-13(15)16/h8-12H,4-7H2,1-3H3/t8-,9-,10-,11+,12+,15+/m0/s1. The number of carbonyl (C=O) groups excluding carboxylic acids is 2. The van der Waals surface area contributed by atoms with Gasteiger partial charge in [0.05, 0.1) is 5.92 Å². The highest BCUT2D eigenvalue weighted by Gasteiger charge is 2.56. The van der Waals surface area contributed by atoms with Gasteiger partial charge in [0.25, 0.3) is 0 Å². The number of Topliss-reactive ketones (excluding diaryl/α,β-unsaturated/α-hetero) is 1. The Balaban J connectivity index is 1.96. The van der Waals surface area contributed by atoms with Crippen molar-refractivity contribution in [3.8, 4) is 0 Å². The molecule has 2 saturated carbocycles. The lowest BCUT2D eigenvalue weighted by Crippen LogP contribution is -2.33. The Bertz CT molecular complexity index is 403. The molecular weight excluding hydrogens is 228 g/mol. The molecule has 3 heteroatoms. The number of ketones is 1. The number of ether oxygens (including phenoxy) is 1. The van der Waals surface area contributed by atoms with Crippen LogP contribution in [-0.2, 0) is 14.3 Å². The third-order valence-corrected chi connectivity index (χ3v) is 5.85. The highest BCUT2D eigenvalue weighted by Crippen LogP contribution is 2.55. The molecule has 0 spiro atoms. The van der Waals surface area contributed by atoms with E-state index < -0.39 is 0 Å². The van der Waals surface area contributed by atoms with Crippen molar-refractivity contribution in [2.75, 3.05) is 0 Å². The van der Waals surface area contributed by atoms with Gasteiger partial charge in [-0.2, -0.15) is 0 Å². The molecule has 18 heavy (non-hydrogen) atoms. The molecule has 3 nitrogen and oxygen atoms in total. The van der Waals surface area contributed by atoms with Crippen molar-refractivity contribution in [3.63, 3.8) is 0 Å². The third kappa shape index (κ3) is 1.49. The maximum absolute atomic E-state index is 12.3. The van der Waals surface area contributed by atoms with Gasteiger partial charge in [-0.05, 0) is 31.1 Å². The zero-order valence-corrected chi connectivity index (χ0v) is 11.4. The van der Waals surface area contributed by atoms with Gasteiger partial charge >= 0.3 is 5.97 Å². The van der Waals surface area contributed by atoms with E-state index in [0.29, 0.717) is 17.6 Å². The molecule has 6 atom stereocenters. The lowest BCUT2D eigenvalue weighted by molar-refractivity contribution is -0.144. The Morgan fingerprint density at radius 2 is 2.00 bits per heavy atom. The molecule has 3 aliphatic rings. The zero-order chi connectivity index (χ0) is 13.1. The molecule has 0 aromatic heterocycles. The minimum absolute atomic E-state index is 0.0359. The van der Waals surface area contributed by atoms with E-state index in [4.69, 9.17) is 4.74 Å². The summed E-state index contributed by atoms with van der Waals surface area (Å²) in [6, 6.07) is 0. The normalized spacial score (nSPS) is 51.6. The minimum atomic E-state index is -0.207. The number of hydrogen-bond acceptors (Lipinski definition) is 3. The number of hydrogen-bond donors (Lipinski definition) is 0. The van der Waals surface area contributed by atoms with Gasteiger partial charge in [-0.1, -0.05) is 20.8 Å². The van der Waals surface area contributed by atoms with Crippen LogP contribution in [-0.4, -0.2) is 17.9 Å². The Morgan fingerprint density at radius 3 is 2.72 bits per heavy atom. The fourth-order valence-electron chi connectivity index (χ4n) is 4.67. The summed E-state index contributed by atoms with van der Waals surface area (Å²) in [4.78, 5) is 24.0. The van der Waals surface area contributed by atoms with Crippen LogP contribution >= 0.6 is 0 Å². The van der Waals surface area contributed by atoms with Gasteiger partial charge in [-0.15, -0.1) is 0 Å². The smallest absolute Gasteiger partial charge is 0.309 e. The second-order valence-electron chi connectivity index (χ2n) is 6.83. The van der Waals surface area contributed by atoms with Crippen LogP contribution in [0, 0.1) is 29.1 Å². The Morgan fingerprint density at radius 1 is 1.28 bits per heavy atom. The molecule has 0 amide bonds. The Hall–Kier alpha value is -0.860. The number of esters is 1. The van der Waals surface area contributed by atoms with E-state index in [1.165, 1.54) is 0 Å². The average molecular weight is 250 g/mol. The maximum atomic E-state index is 12.3. The van der Waals surface area contributed by atoms with Crippen molar-refractivity contribution >= 4 is 11.8 Å². The molecule has 1 saturated heterocycles. The van der Waals surface area contributed by atoms with E-state index in [-0.39, 0.29) is 29.3 Å². The predicted octanol–water partition coefficient (Wildman–Crippen LogP) is 2.58. The van der Waals surface area contributed by atoms with Gasteiger partial charge in [0.15, 0.2) is 0 Å². The van der Waals surface area contributed by atoms with E-state index >= 15 is 0 Å². The fourth-order valence-corrected chi connectivity index (χ4v) is 4.67. The van der Waals surface area contributed by atoms with Crippen LogP contribution < -0.4 is 0 Å². The highest BCUT2D eigenvalue weighted by molar-refractivity contribution is 5.87. The summed E-state index contributed by atoms with van der Waals surface area (Å²) < 4.78 is 5.52. The van der Waals surface area contributed by atoms with Crippen molar-refractivity contribution in [2.45, 2.75) is 52.6 Å². The third-order valence-electron chi connectivity index (χ3n) is 5.85. The summed E-state index contributed by atoms with van der Waals surface area (Å²) in [6.07, 6.45) is 3.59. The Labute approximate surface area is 108 Å². The lowest BCUT2D eigenvalue weighted by atomic mass is 9.69. The van der Waals surface area contributed by atoms with E-state index in [9.17, 15) is 9.59 Å². The Kier molecular flexibility index (Phi) is 2.58. The average Bonchev–Trinajstić information content (AvgIpc) is 2.69. The molecule has 2 aliphatic carbocycles. The molecule has 0 bridgehead atoms. The van der Waals surface area contributed by atoms with Crippen LogP contribution in [0.3, 0.4) is 0 Å². The molecular formula is C15H22O3. The predicted molar refractivity (Wildman–Crippen MR) is 66.8 cm³/mol. The lowest BCUT2D eigenvalue weighted by Gasteiger charge is -2.33. The van der Waals surface area contributed by atoms with Crippen LogP contribution in [0.1, 0.15) is 46.5 Å². The quantitative estimate of drug-likeness (QED) is 0.621. The van der Waals surface area contributed by atoms with E-state index in [0.717, 1.165) is 25.7 Å². The first-order valence-electron chi connectivity index (χ1n) is 7.17. The van der Waals surface area contributed by atoms with E-state index in [1.807, 2.05) is 6.92 Å². The first-order valence-corrected chi connectivity index (χ1v) is 7.17. The van der Waals surface area contributed by atoms with Gasteiger partial charge in [-0.3, -0.25) is 9.59 Å². The molecule has 100 valence electrons. The largest absolute Gasteiger partial charge is 0.462 e. The van der Waals surface area contributed by atoms with Crippen LogP contribution in [0.4, 0.5) is 0 Å². The van der Waals surface area contributed by atoms with Crippen LogP contribution in [0.25, 0.3) is 0 Å². The first kappa shape index (κ1) is 12.2. The summed E-state index contributed by atoms with van der Waals surface area (Å²) >= 11 is 0. The number of fused-ring (bicyclic) bond motifs is 2. The molecule has 0 unspecified atom stereocenters. The van der Waals surface area contributed by atoms with Crippen molar-refractivity contribution in [2.24, 2.45) is 29.1 Å². The van der Waals surface area contributed by atoms with Gasteiger partial charge in [-0.25, -0.2) is 0 Å². The van der Waals surface area contributed by atoms with Crippen LogP contribution in [0.2, 0.25) is 0 Å². The first-order chi connectivity index (χ1) is 8.43. The molecule has 1 heterocycles. The summed E-state index contributed by atoms with van der Waals surface area (Å²) in [7, 11) is 0. The molecule has 0 aromatic rings. The molecule has 3 fully saturated rings. The fraction of sp³-hybridized carbons (Fsp3) is 0.867. The zero-order valence-electron chi connectivity index (χ0n) is 11.4. The van der Waals surface area contributed by atoms with Gasteiger partial charge in [0, 0.05) is 17.8 Å². The van der Waals surface area contributed by atoms with Crippen molar-refractivity contribution < 1.29 is 14.3 Å². The molecule has 3 rings (SSSR count). The second-order valence-corrected chi connectivity index (χ2v) is 6.83. The summed E-state index contributed by atoms with van der Waals surface area (Å²) in [5.41, 5.74) is -0.207. The maximum Gasteiger partial charge on any atom is 0.309 e. The van der Waals surface area contributed by atoms with Crippen LogP contribution in [0.15, 0.2) is 0 Å². The molecule has 0 N–H and O–H groups in total. The van der Waals surface area contributed by atoms with Gasteiger partial charge < -0.3 is 4.74 Å². The minimum Gasteiger partial charge on any atom is -0.462 e. The van der Waals surface area contributed by atoms with Crippen LogP contribution in [0.5, 0.6) is 0 Å². The summed E-state index contributed by atoms with van der Waals surface area (Å²) in [5.74, 6) is 1.52. The molecule has 1 aliphatic heterocycles. The van der Waals surface area contributed by atoms with Crippen molar-refractivity contribution in [1.29, 1.82) is 0 Å². The number of rotatable bonds is 0. The highest BCUT2D eigenvalue weighted by atomic mass is 16.6. The molecule has 0 radical (unpaired) electrons. The summed E-state index contributed by atoms with van der Waals surface area (Å²) in [6.45, 7) is 6.31. The van der Waals surface area contributed by atoms with E-state index in [2.05, 4.69) is 13.8 Å². The SMILES string of the molecule is C[C@@H]1C(=O)O[C@@H]2C[C@H](C)[C@H]3CCC(=O)[C@]3(C)C[C@@H]12.